The van der Waals surface area contributed by atoms with Crippen LogP contribution in [-0.4, -0.2) is 48.9 Å². The molecule has 0 saturated carbocycles. The number of likely N-dealkylation sites (tertiary alicyclic amines) is 1. The van der Waals surface area contributed by atoms with E-state index in [1.165, 1.54) is 25.9 Å². The summed E-state index contributed by atoms with van der Waals surface area (Å²) in [6.45, 7) is 6.44. The second kappa shape index (κ2) is 12.3. The fourth-order valence-corrected chi connectivity index (χ4v) is 4.18. The number of nitrogens with one attached hydrogen (secondary N) is 2. The van der Waals surface area contributed by atoms with Gasteiger partial charge in [0.15, 0.2) is 0 Å². The van der Waals surface area contributed by atoms with E-state index in [1.54, 1.807) is 12.1 Å². The number of carbonyl (C=O) groups excluding carboxylic acids is 2. The highest BCUT2D eigenvalue weighted by atomic mass is 16.2. The average Bonchev–Trinajstić information content (AvgIpc) is 2.79. The maximum absolute atomic E-state index is 12.9. The second-order valence-electron chi connectivity index (χ2n) is 8.63. The summed E-state index contributed by atoms with van der Waals surface area (Å²) in [6.07, 6.45) is 5.12. The zero-order valence-electron chi connectivity index (χ0n) is 18.6. The lowest BCUT2D eigenvalue weighted by atomic mass is 10.0. The molecule has 0 radical (unpaired) electrons. The summed E-state index contributed by atoms with van der Waals surface area (Å²) in [4.78, 5) is 28.1. The third-order valence-electron chi connectivity index (χ3n) is 5.88. The van der Waals surface area contributed by atoms with Gasteiger partial charge < -0.3 is 15.5 Å². The molecule has 31 heavy (non-hydrogen) atoms. The fraction of sp³-hybridized carbons (Fsp3) is 0.462. The third-order valence-corrected chi connectivity index (χ3v) is 5.88. The van der Waals surface area contributed by atoms with Crippen LogP contribution in [0.4, 0.5) is 0 Å². The number of hydrogen-bond acceptors (Lipinski definition) is 3. The molecule has 0 aliphatic carbocycles. The third kappa shape index (κ3) is 7.83. The maximum atomic E-state index is 12.9. The summed E-state index contributed by atoms with van der Waals surface area (Å²) in [5.74, 6) is 0.441. The molecule has 0 spiro atoms. The van der Waals surface area contributed by atoms with Crippen molar-refractivity contribution in [3.63, 3.8) is 0 Å². The lowest BCUT2D eigenvalue weighted by molar-refractivity contribution is -0.122. The Morgan fingerprint density at radius 2 is 1.74 bits per heavy atom. The van der Waals surface area contributed by atoms with Crippen LogP contribution in [0, 0.1) is 5.92 Å². The van der Waals surface area contributed by atoms with Crippen LogP contribution in [0.2, 0.25) is 0 Å². The van der Waals surface area contributed by atoms with Crippen molar-refractivity contribution in [1.82, 2.24) is 15.5 Å². The zero-order chi connectivity index (χ0) is 21.9. The summed E-state index contributed by atoms with van der Waals surface area (Å²) in [7, 11) is 0. The normalized spacial score (nSPS) is 17.6. The van der Waals surface area contributed by atoms with E-state index in [4.69, 9.17) is 0 Å². The average molecular weight is 422 g/mol. The summed E-state index contributed by atoms with van der Waals surface area (Å²) < 4.78 is 0. The van der Waals surface area contributed by atoms with Crippen molar-refractivity contribution in [3.8, 4) is 0 Å². The van der Waals surface area contributed by atoms with Gasteiger partial charge in [0.05, 0.1) is 0 Å². The van der Waals surface area contributed by atoms with E-state index in [0.717, 1.165) is 30.9 Å². The number of carbonyl (C=O) groups is 2. The summed E-state index contributed by atoms with van der Waals surface area (Å²) in [5, 5.41) is 5.95. The Kier molecular flexibility index (Phi) is 9.10. The molecule has 1 saturated heterocycles. The molecular weight excluding hydrogens is 386 g/mol. The first kappa shape index (κ1) is 23.0. The Bertz CT molecular complexity index is 810. The van der Waals surface area contributed by atoms with Gasteiger partial charge in [-0.1, -0.05) is 55.5 Å². The van der Waals surface area contributed by atoms with Crippen molar-refractivity contribution >= 4 is 11.8 Å². The molecule has 2 N–H and O–H groups in total. The molecule has 1 aliphatic heterocycles. The van der Waals surface area contributed by atoms with Gasteiger partial charge in [-0.25, -0.2) is 0 Å². The Balaban J connectivity index is 1.49. The SMILES string of the molecule is CC1CCCN(CCCCNC(=O)C(Cc2ccccc2)NC(=O)c2ccccc2)C1. The highest BCUT2D eigenvalue weighted by molar-refractivity contribution is 5.97. The molecule has 3 rings (SSSR count). The molecule has 2 amide bonds. The Labute approximate surface area is 186 Å². The topological polar surface area (TPSA) is 61.4 Å². The Morgan fingerprint density at radius 3 is 2.45 bits per heavy atom. The van der Waals surface area contributed by atoms with Crippen molar-refractivity contribution in [3.05, 3.63) is 71.8 Å². The molecule has 5 heteroatoms. The molecule has 0 bridgehead atoms. The van der Waals surface area contributed by atoms with Crippen LogP contribution in [0.5, 0.6) is 0 Å². The van der Waals surface area contributed by atoms with Crippen molar-refractivity contribution in [2.75, 3.05) is 26.2 Å². The van der Waals surface area contributed by atoms with Gasteiger partial charge in [-0.3, -0.25) is 9.59 Å². The number of nitrogens with zero attached hydrogens (tertiary/aromatic N) is 1. The van der Waals surface area contributed by atoms with Crippen LogP contribution in [0.25, 0.3) is 0 Å². The maximum Gasteiger partial charge on any atom is 0.251 e. The smallest absolute Gasteiger partial charge is 0.251 e. The van der Waals surface area contributed by atoms with Crippen LogP contribution < -0.4 is 10.6 Å². The minimum atomic E-state index is -0.599. The van der Waals surface area contributed by atoms with Crippen molar-refractivity contribution in [1.29, 1.82) is 0 Å². The van der Waals surface area contributed by atoms with Gasteiger partial charge in [0.1, 0.15) is 6.04 Å². The Hall–Kier alpha value is -2.66. The first-order chi connectivity index (χ1) is 15.1. The second-order valence-corrected chi connectivity index (χ2v) is 8.63. The molecule has 1 aliphatic rings. The minimum absolute atomic E-state index is 0.125. The number of rotatable bonds is 10. The molecular formula is C26H35N3O2. The van der Waals surface area contributed by atoms with Crippen LogP contribution >= 0.6 is 0 Å². The molecule has 5 nitrogen and oxygen atoms in total. The number of hydrogen-bond donors (Lipinski definition) is 2. The summed E-state index contributed by atoms with van der Waals surface area (Å²) in [5.41, 5.74) is 1.58. The molecule has 1 fully saturated rings. The van der Waals surface area contributed by atoms with Crippen LogP contribution in [0.15, 0.2) is 60.7 Å². The van der Waals surface area contributed by atoms with Gasteiger partial charge in [0.2, 0.25) is 5.91 Å². The molecule has 2 aromatic rings. The van der Waals surface area contributed by atoms with Crippen LogP contribution in [-0.2, 0) is 11.2 Å². The van der Waals surface area contributed by atoms with Gasteiger partial charge in [0.25, 0.3) is 5.91 Å². The van der Waals surface area contributed by atoms with Crippen molar-refractivity contribution < 1.29 is 9.59 Å². The summed E-state index contributed by atoms with van der Waals surface area (Å²) in [6, 6.07) is 18.2. The minimum Gasteiger partial charge on any atom is -0.354 e. The largest absolute Gasteiger partial charge is 0.354 e. The van der Waals surface area contributed by atoms with Crippen molar-refractivity contribution in [2.45, 2.75) is 45.1 Å². The van der Waals surface area contributed by atoms with E-state index >= 15 is 0 Å². The number of piperidine rings is 1. The van der Waals surface area contributed by atoms with Gasteiger partial charge in [0, 0.05) is 25.1 Å². The van der Waals surface area contributed by atoms with Crippen LogP contribution in [0.1, 0.15) is 48.5 Å². The van der Waals surface area contributed by atoms with E-state index in [0.29, 0.717) is 18.5 Å². The molecule has 1 heterocycles. The fourth-order valence-electron chi connectivity index (χ4n) is 4.18. The first-order valence-corrected chi connectivity index (χ1v) is 11.5. The molecule has 2 unspecified atom stereocenters. The number of benzene rings is 2. The predicted molar refractivity (Wildman–Crippen MR) is 125 cm³/mol. The lowest BCUT2D eigenvalue weighted by Gasteiger charge is -2.30. The Morgan fingerprint density at radius 1 is 1.03 bits per heavy atom. The highest BCUT2D eigenvalue weighted by Gasteiger charge is 2.22. The van der Waals surface area contributed by atoms with E-state index in [-0.39, 0.29) is 11.8 Å². The van der Waals surface area contributed by atoms with E-state index in [9.17, 15) is 9.59 Å². The predicted octanol–water partition coefficient (Wildman–Crippen LogP) is 3.66. The number of amides is 2. The van der Waals surface area contributed by atoms with Crippen LogP contribution in [0.3, 0.4) is 0 Å². The standard InChI is InChI=1S/C26H35N3O2/c1-21-11-10-18-29(20-21)17-9-8-16-27-26(31)24(19-22-12-4-2-5-13-22)28-25(30)23-14-6-3-7-15-23/h2-7,12-15,21,24H,8-11,16-20H2,1H3,(H,27,31)(H,28,30). The van der Waals surface area contributed by atoms with Gasteiger partial charge in [-0.05, 0) is 62.4 Å². The first-order valence-electron chi connectivity index (χ1n) is 11.5. The zero-order valence-corrected chi connectivity index (χ0v) is 18.6. The monoisotopic (exact) mass is 421 g/mol. The van der Waals surface area contributed by atoms with Gasteiger partial charge >= 0.3 is 0 Å². The van der Waals surface area contributed by atoms with Gasteiger partial charge in [-0.2, -0.15) is 0 Å². The molecule has 166 valence electrons. The quantitative estimate of drug-likeness (QED) is 0.576. The van der Waals surface area contributed by atoms with E-state index in [2.05, 4.69) is 22.5 Å². The summed E-state index contributed by atoms with van der Waals surface area (Å²) >= 11 is 0. The van der Waals surface area contributed by atoms with Gasteiger partial charge in [-0.15, -0.1) is 0 Å². The van der Waals surface area contributed by atoms with E-state index in [1.807, 2.05) is 48.5 Å². The highest BCUT2D eigenvalue weighted by Crippen LogP contribution is 2.15. The lowest BCUT2D eigenvalue weighted by Crippen LogP contribution is -2.48. The molecule has 0 aromatic heterocycles. The molecule has 2 aromatic carbocycles. The van der Waals surface area contributed by atoms with Crippen molar-refractivity contribution in [2.24, 2.45) is 5.92 Å². The number of unbranched alkanes of at least 4 members (excludes halogenated alkanes) is 1. The molecule has 2 atom stereocenters. The van der Waals surface area contributed by atoms with E-state index < -0.39 is 6.04 Å².